The predicted octanol–water partition coefficient (Wildman–Crippen LogP) is 6.56. The van der Waals surface area contributed by atoms with Crippen molar-refractivity contribution in [2.24, 2.45) is 0 Å². The molecule has 3 aromatic rings. The number of benzene rings is 3. The normalized spacial score (nSPS) is 14.3. The molecule has 0 saturated heterocycles. The number of ether oxygens (including phenoxy) is 2. The average Bonchev–Trinajstić information content (AvgIpc) is 3.42. The smallest absolute Gasteiger partial charge is 0.343 e. The standard InChI is InChI=1S/C36H40N2O9Si2/c1-7-8-19-48(3,4)47-49(5,6)20-9-18-38-33(41)28-17-11-24(22-30(28)34(38)42)36(44)46-26-14-12-25(13-15-26)45-35(43)23-10-16-27-29(21-23)32(40)37(2)31(27)39/h10-17,21-22H,7-9,18-20H2,1-6H3. The molecule has 0 atom stereocenters. The van der Waals surface area contributed by atoms with E-state index in [1.165, 1.54) is 72.6 Å². The molecule has 5 rings (SSSR count). The van der Waals surface area contributed by atoms with Gasteiger partial charge in [-0.05, 0) is 105 Å². The Morgan fingerprint density at radius 2 is 1.04 bits per heavy atom. The van der Waals surface area contributed by atoms with E-state index in [1.807, 2.05) is 0 Å². The van der Waals surface area contributed by atoms with Crippen molar-refractivity contribution in [2.75, 3.05) is 13.6 Å². The van der Waals surface area contributed by atoms with Gasteiger partial charge in [0.25, 0.3) is 23.6 Å². The van der Waals surface area contributed by atoms with Gasteiger partial charge in [0.15, 0.2) is 16.6 Å². The summed E-state index contributed by atoms with van der Waals surface area (Å²) in [6.45, 7) is 11.3. The van der Waals surface area contributed by atoms with Crippen LogP contribution in [0.2, 0.25) is 38.3 Å². The largest absolute Gasteiger partial charge is 0.455 e. The fourth-order valence-corrected chi connectivity index (χ4v) is 15.1. The Morgan fingerprint density at radius 1 is 0.612 bits per heavy atom. The first-order chi connectivity index (χ1) is 23.1. The second-order valence-electron chi connectivity index (χ2n) is 13.5. The molecule has 49 heavy (non-hydrogen) atoms. The molecule has 0 unspecified atom stereocenters. The third kappa shape index (κ3) is 7.79. The van der Waals surface area contributed by atoms with Gasteiger partial charge in [0.05, 0.1) is 33.4 Å². The van der Waals surface area contributed by atoms with Crippen LogP contribution in [-0.4, -0.2) is 75.6 Å². The number of unbranched alkanes of at least 4 members (excludes halogenated alkanes) is 1. The average molecular weight is 701 g/mol. The van der Waals surface area contributed by atoms with Gasteiger partial charge in [-0.1, -0.05) is 19.8 Å². The van der Waals surface area contributed by atoms with Gasteiger partial charge in [0, 0.05) is 13.6 Å². The van der Waals surface area contributed by atoms with E-state index in [-0.39, 0.29) is 57.3 Å². The summed E-state index contributed by atoms with van der Waals surface area (Å²) in [5, 5.41) is 0. The Hall–Kier alpha value is -4.73. The molecule has 2 aliphatic rings. The molecule has 0 radical (unpaired) electrons. The molecular formula is C36H40N2O9Si2. The van der Waals surface area contributed by atoms with Crippen LogP contribution in [0.25, 0.3) is 0 Å². The van der Waals surface area contributed by atoms with E-state index in [1.54, 1.807) is 0 Å². The quantitative estimate of drug-likeness (QED) is 0.0840. The van der Waals surface area contributed by atoms with Crippen LogP contribution < -0.4 is 9.47 Å². The van der Waals surface area contributed by atoms with E-state index in [9.17, 15) is 28.8 Å². The van der Waals surface area contributed by atoms with Crippen molar-refractivity contribution in [3.8, 4) is 11.5 Å². The fraction of sp³-hybridized carbons (Fsp3) is 0.333. The Labute approximate surface area is 287 Å². The van der Waals surface area contributed by atoms with Crippen LogP contribution in [0.3, 0.4) is 0 Å². The molecule has 0 aliphatic carbocycles. The number of fused-ring (bicyclic) bond motifs is 2. The summed E-state index contributed by atoms with van der Waals surface area (Å²) in [6, 6.07) is 16.1. The van der Waals surface area contributed by atoms with Gasteiger partial charge in [0.1, 0.15) is 11.5 Å². The van der Waals surface area contributed by atoms with Gasteiger partial charge in [-0.15, -0.1) is 0 Å². The van der Waals surface area contributed by atoms with Crippen LogP contribution in [0.15, 0.2) is 60.7 Å². The number of carbonyl (C=O) groups excluding carboxylic acids is 6. The summed E-state index contributed by atoms with van der Waals surface area (Å²) < 4.78 is 17.5. The molecule has 13 heteroatoms. The number of esters is 2. The minimum atomic E-state index is -1.98. The zero-order valence-corrected chi connectivity index (χ0v) is 30.6. The minimum Gasteiger partial charge on any atom is -0.455 e. The third-order valence-electron chi connectivity index (χ3n) is 8.62. The van der Waals surface area contributed by atoms with Crippen molar-refractivity contribution < 1.29 is 42.4 Å². The van der Waals surface area contributed by atoms with E-state index in [0.29, 0.717) is 6.42 Å². The molecule has 3 aromatic carbocycles. The second kappa shape index (κ2) is 14.0. The zero-order chi connectivity index (χ0) is 35.7. The number of amides is 4. The van der Waals surface area contributed by atoms with Gasteiger partial charge < -0.3 is 13.6 Å². The predicted molar refractivity (Wildman–Crippen MR) is 186 cm³/mol. The van der Waals surface area contributed by atoms with Gasteiger partial charge in [-0.3, -0.25) is 29.0 Å². The summed E-state index contributed by atoms with van der Waals surface area (Å²) in [4.78, 5) is 78.6. The number of rotatable bonds is 13. The highest BCUT2D eigenvalue weighted by Gasteiger charge is 2.38. The van der Waals surface area contributed by atoms with Gasteiger partial charge in [-0.2, -0.15) is 0 Å². The van der Waals surface area contributed by atoms with Crippen molar-refractivity contribution in [2.45, 2.75) is 64.5 Å². The molecule has 0 aromatic heterocycles. The molecule has 2 aliphatic heterocycles. The van der Waals surface area contributed by atoms with Crippen molar-refractivity contribution >= 4 is 52.2 Å². The van der Waals surface area contributed by atoms with Gasteiger partial charge in [-0.25, -0.2) is 9.59 Å². The summed E-state index contributed by atoms with van der Waals surface area (Å²) in [7, 11) is -2.37. The lowest BCUT2D eigenvalue weighted by molar-refractivity contribution is 0.0647. The molecule has 11 nitrogen and oxygen atoms in total. The van der Waals surface area contributed by atoms with E-state index >= 15 is 0 Å². The summed E-state index contributed by atoms with van der Waals surface area (Å²) >= 11 is 0. The first-order valence-electron chi connectivity index (χ1n) is 16.3. The maximum atomic E-state index is 13.2. The van der Waals surface area contributed by atoms with Crippen LogP contribution >= 0.6 is 0 Å². The second-order valence-corrected chi connectivity index (χ2v) is 22.4. The molecule has 0 saturated carbocycles. The summed E-state index contributed by atoms with van der Waals surface area (Å²) in [5.74, 6) is -2.90. The highest BCUT2D eigenvalue weighted by atomic mass is 28.4. The van der Waals surface area contributed by atoms with E-state index in [2.05, 4.69) is 33.1 Å². The van der Waals surface area contributed by atoms with Crippen LogP contribution in [0.4, 0.5) is 0 Å². The van der Waals surface area contributed by atoms with Crippen LogP contribution in [0.1, 0.15) is 88.3 Å². The molecule has 0 bridgehead atoms. The molecule has 0 N–H and O–H groups in total. The Balaban J connectivity index is 1.16. The first-order valence-corrected chi connectivity index (χ1v) is 22.5. The molecule has 2 heterocycles. The Kier molecular flexibility index (Phi) is 10.2. The lowest BCUT2D eigenvalue weighted by atomic mass is 10.1. The maximum Gasteiger partial charge on any atom is 0.343 e. The van der Waals surface area contributed by atoms with E-state index in [0.717, 1.165) is 29.8 Å². The monoisotopic (exact) mass is 700 g/mol. The third-order valence-corrected chi connectivity index (χ3v) is 16.2. The molecule has 0 spiro atoms. The van der Waals surface area contributed by atoms with Crippen LogP contribution in [0, 0.1) is 0 Å². The van der Waals surface area contributed by atoms with Gasteiger partial charge in [0.2, 0.25) is 0 Å². The Bertz CT molecular complexity index is 1850. The number of hydrogen-bond donors (Lipinski definition) is 0. The molecule has 256 valence electrons. The van der Waals surface area contributed by atoms with Gasteiger partial charge >= 0.3 is 11.9 Å². The van der Waals surface area contributed by atoms with E-state index in [4.69, 9.17) is 13.6 Å². The molecular weight excluding hydrogens is 661 g/mol. The molecule has 0 fully saturated rings. The minimum absolute atomic E-state index is 0.0944. The number of nitrogens with zero attached hydrogens (tertiary/aromatic N) is 2. The SMILES string of the molecule is CCCC[Si](C)(C)O[Si](C)(C)CCCN1C(=O)c2ccc(C(=O)Oc3ccc(OC(=O)c4ccc5c(c4)C(=O)N(C)C5=O)cc3)cc2C1=O. The number of hydrogen-bond acceptors (Lipinski definition) is 9. The number of imide groups is 2. The van der Waals surface area contributed by atoms with E-state index < -0.39 is 46.3 Å². The molecule has 4 amide bonds. The summed E-state index contributed by atoms with van der Waals surface area (Å²) in [5.41, 5.74) is 0.957. The zero-order valence-electron chi connectivity index (χ0n) is 28.6. The lowest BCUT2D eigenvalue weighted by Crippen LogP contribution is -2.44. The topological polar surface area (TPSA) is 137 Å². The van der Waals surface area contributed by atoms with Crippen molar-refractivity contribution in [1.82, 2.24) is 9.80 Å². The summed E-state index contributed by atoms with van der Waals surface area (Å²) in [6.07, 6.45) is 2.94. The van der Waals surface area contributed by atoms with Crippen molar-refractivity contribution in [3.63, 3.8) is 0 Å². The van der Waals surface area contributed by atoms with Crippen molar-refractivity contribution in [3.05, 3.63) is 94.0 Å². The Morgan fingerprint density at radius 3 is 1.55 bits per heavy atom. The maximum absolute atomic E-state index is 13.2. The highest BCUT2D eigenvalue weighted by Crippen LogP contribution is 2.29. The first kappa shape index (κ1) is 35.6. The highest BCUT2D eigenvalue weighted by molar-refractivity contribution is 6.84. The van der Waals surface area contributed by atoms with Crippen LogP contribution in [-0.2, 0) is 4.12 Å². The number of carbonyl (C=O) groups is 6. The van der Waals surface area contributed by atoms with Crippen LogP contribution in [0.5, 0.6) is 11.5 Å². The fourth-order valence-electron chi connectivity index (χ4n) is 6.13. The van der Waals surface area contributed by atoms with Crippen molar-refractivity contribution in [1.29, 1.82) is 0 Å². The lowest BCUT2D eigenvalue weighted by Gasteiger charge is -2.34.